The molecule has 27 heteroatoms. The van der Waals surface area contributed by atoms with Gasteiger partial charge in [0.25, 0.3) is 11.8 Å². The highest BCUT2D eigenvalue weighted by Gasteiger charge is 2.64. The molecule has 0 saturated carbocycles. The lowest BCUT2D eigenvalue weighted by atomic mass is 9.83. The highest BCUT2D eigenvalue weighted by atomic mass is 35.5. The fraction of sp³-hybridized carbons (Fsp3) is 0.536. The molecule has 0 unspecified atom stereocenters. The fourth-order valence-corrected chi connectivity index (χ4v) is 10.3. The normalized spacial score (nSPS) is 25.2. The Morgan fingerprint density at radius 1 is 0.928 bits per heavy atom. The van der Waals surface area contributed by atoms with E-state index in [9.17, 15) is 53.1 Å². The second-order valence-electron chi connectivity index (χ2n) is 21.4. The van der Waals surface area contributed by atoms with E-state index in [1.165, 1.54) is 50.4 Å². The summed E-state index contributed by atoms with van der Waals surface area (Å²) in [5.41, 5.74) is 4.38. The zero-order valence-electron chi connectivity index (χ0n) is 47.6. The molecule has 0 aromatic heterocycles. The van der Waals surface area contributed by atoms with Crippen LogP contribution < -0.4 is 47.3 Å². The number of allylic oxidation sites excluding steroid dienone is 3. The maximum absolute atomic E-state index is 14.4. The first-order valence-corrected chi connectivity index (χ1v) is 27.6. The third kappa shape index (κ3) is 17.1. The first kappa shape index (κ1) is 64.4. The van der Waals surface area contributed by atoms with Crippen LogP contribution in [0.5, 0.6) is 5.75 Å². The summed E-state index contributed by atoms with van der Waals surface area (Å²) in [5.74, 6) is -5.16. The number of nitrogens with two attached hydrogens (primary N) is 1. The van der Waals surface area contributed by atoms with Gasteiger partial charge in [-0.25, -0.2) is 19.2 Å². The van der Waals surface area contributed by atoms with Crippen LogP contribution >= 0.6 is 11.6 Å². The summed E-state index contributed by atoms with van der Waals surface area (Å²) in [5, 5.41) is 28.2. The topological polar surface area (TPSA) is 354 Å². The van der Waals surface area contributed by atoms with Gasteiger partial charge in [0.15, 0.2) is 5.72 Å². The van der Waals surface area contributed by atoms with Gasteiger partial charge >= 0.3 is 24.2 Å². The molecule has 4 aliphatic rings. The van der Waals surface area contributed by atoms with Gasteiger partial charge < -0.3 is 65.5 Å². The van der Waals surface area contributed by atoms with Crippen molar-refractivity contribution >= 4 is 88.3 Å². The number of epoxide rings is 1. The first-order chi connectivity index (χ1) is 39.2. The van der Waals surface area contributed by atoms with Crippen LogP contribution in [0, 0.1) is 11.8 Å². The van der Waals surface area contributed by atoms with Crippen LogP contribution in [0.25, 0.3) is 0 Å². The zero-order valence-corrected chi connectivity index (χ0v) is 48.4. The number of carbonyl (C=O) groups excluding carboxylic acids is 10. The number of amides is 10. The number of nitrogens with zero attached hydrogens (tertiary/aromatic N) is 2. The van der Waals surface area contributed by atoms with Gasteiger partial charge in [0.1, 0.15) is 46.8 Å². The Kier molecular flexibility index (Phi) is 22.1. The van der Waals surface area contributed by atoms with Crippen molar-refractivity contribution in [1.82, 2.24) is 26.3 Å². The molecule has 9 N–H and O–H groups in total. The number of urea groups is 1. The van der Waals surface area contributed by atoms with E-state index in [1.54, 1.807) is 52.0 Å². The van der Waals surface area contributed by atoms with Crippen LogP contribution in [0.15, 0.2) is 60.2 Å². The van der Waals surface area contributed by atoms with E-state index in [2.05, 4.69) is 31.9 Å². The Hall–Kier alpha value is -7.81. The molecule has 26 nitrogen and oxygen atoms in total. The minimum Gasteiger partial charge on any atom is -0.495 e. The van der Waals surface area contributed by atoms with Crippen molar-refractivity contribution in [2.75, 3.05) is 43.3 Å². The molecule has 0 spiro atoms. The van der Waals surface area contributed by atoms with Crippen LogP contribution in [0.4, 0.5) is 31.4 Å². The lowest BCUT2D eigenvalue weighted by Crippen LogP contribution is -2.63. The van der Waals surface area contributed by atoms with Crippen LogP contribution in [0.3, 0.4) is 0 Å². The Morgan fingerprint density at radius 2 is 1.59 bits per heavy atom. The molecule has 3 fully saturated rings. The average Bonchev–Trinajstić information content (AvgIpc) is 1.93. The van der Waals surface area contributed by atoms with Crippen molar-refractivity contribution in [2.24, 2.45) is 17.6 Å². The van der Waals surface area contributed by atoms with Crippen molar-refractivity contribution < 1.29 is 81.6 Å². The number of ether oxygens (including phenoxy) is 5. The average molecular weight is 1180 g/mol. The number of carbonyl (C=O) groups is 10. The van der Waals surface area contributed by atoms with E-state index >= 15 is 0 Å². The van der Waals surface area contributed by atoms with E-state index in [-0.39, 0.29) is 80.7 Å². The van der Waals surface area contributed by atoms with Crippen LogP contribution in [0.2, 0.25) is 5.02 Å². The number of anilines is 3. The second kappa shape index (κ2) is 28.5. The van der Waals surface area contributed by atoms with Crippen molar-refractivity contribution in [3.05, 3.63) is 70.8 Å². The predicted octanol–water partition coefficient (Wildman–Crippen LogP) is 4.55. The fourth-order valence-electron chi connectivity index (χ4n) is 9.94. The number of aliphatic hydroxyl groups is 1. The number of halogens is 1. The number of fused-ring (bicyclic) bond motifs is 5. The molecular weight excluding hydrogens is 1110 g/mol. The number of hydrogen-bond donors (Lipinski definition) is 8. The third-order valence-electron chi connectivity index (χ3n) is 14.7. The molecule has 452 valence electrons. The van der Waals surface area contributed by atoms with Crippen molar-refractivity contribution in [3.63, 3.8) is 0 Å². The minimum atomic E-state index is -1.91. The number of methoxy groups -OCH3 is 2. The lowest BCUT2D eigenvalue weighted by molar-refractivity contribution is -0.197. The Bertz CT molecular complexity index is 2830. The van der Waals surface area contributed by atoms with E-state index in [4.69, 9.17) is 45.9 Å². The van der Waals surface area contributed by atoms with Gasteiger partial charge in [-0.1, -0.05) is 56.2 Å². The molecule has 4 bridgehead atoms. The number of imide groups is 1. The summed E-state index contributed by atoms with van der Waals surface area (Å²) >= 11 is 6.82. The van der Waals surface area contributed by atoms with Gasteiger partial charge in [0.05, 0.1) is 25.3 Å². The van der Waals surface area contributed by atoms with Gasteiger partial charge in [0.2, 0.25) is 23.6 Å². The Labute approximate surface area is 485 Å². The number of rotatable bonds is 20. The summed E-state index contributed by atoms with van der Waals surface area (Å²) in [7, 11) is 4.38. The number of hydrogen-bond acceptors (Lipinski definition) is 17. The molecule has 4 heterocycles. The number of primary amides is 1. The maximum atomic E-state index is 14.4. The van der Waals surface area contributed by atoms with Gasteiger partial charge in [-0.15, -0.1) is 5.06 Å². The van der Waals surface area contributed by atoms with Crippen molar-refractivity contribution in [2.45, 2.75) is 153 Å². The van der Waals surface area contributed by atoms with Crippen molar-refractivity contribution in [3.8, 4) is 5.75 Å². The highest BCUT2D eigenvalue weighted by Crippen LogP contribution is 2.49. The summed E-state index contributed by atoms with van der Waals surface area (Å²) in [6.45, 7) is 8.75. The Balaban J connectivity index is 1.13. The van der Waals surface area contributed by atoms with Crippen molar-refractivity contribution in [1.29, 1.82) is 0 Å². The maximum Gasteiger partial charge on any atom is 0.412 e. The SMILES string of the molecule is COc1cc2cc(c1Cl)N(C)C(=O)C[C@H](OC(=O)Nc1ccc(NC(=O)[C@H](CCCNC(N)=O)NC(=O)[C@@H](NC(=O)CCCCC(=O)ON3C(=O)CCC3=O)C(C)C)cc1)[C@]1(C)O[C@H]1[C@H](C)[C@@H]1C[C@@](O)(NC(=O)O1)[C@H](OC)/C=C/C=C(\C)C2. The monoisotopic (exact) mass is 1180 g/mol. The molecule has 10 amide bonds. The quantitative estimate of drug-likeness (QED) is 0.0512. The summed E-state index contributed by atoms with van der Waals surface area (Å²) in [4.78, 5) is 135. The summed E-state index contributed by atoms with van der Waals surface area (Å²) in [6, 6.07) is 6.29. The lowest BCUT2D eigenvalue weighted by Gasteiger charge is -2.42. The second-order valence-corrected chi connectivity index (χ2v) is 21.8. The molecular formula is C56H74ClN9O17. The first-order valence-electron chi connectivity index (χ1n) is 27.2. The molecule has 3 saturated heterocycles. The molecule has 0 aliphatic carbocycles. The minimum absolute atomic E-state index is 0.0244. The molecule has 9 atom stereocenters. The predicted molar refractivity (Wildman–Crippen MR) is 299 cm³/mol. The van der Waals surface area contributed by atoms with Gasteiger partial charge in [0, 0.05) is 70.1 Å². The molecule has 2 aromatic carbocycles. The number of nitrogens with one attached hydrogen (secondary N) is 6. The van der Waals surface area contributed by atoms with Gasteiger partial charge in [-0.3, -0.25) is 39.4 Å². The van der Waals surface area contributed by atoms with Gasteiger partial charge in [-0.05, 0) is 93.8 Å². The van der Waals surface area contributed by atoms with Crippen LogP contribution in [0.1, 0.15) is 104 Å². The van der Waals surface area contributed by atoms with E-state index in [0.717, 1.165) is 11.1 Å². The van der Waals surface area contributed by atoms with E-state index in [1.807, 2.05) is 13.0 Å². The standard InChI is InChI=1S/C56H74ClN9O17/c1-30(2)48(63-42(67)16-9-10-17-46(71)83-66-43(68)22-23-44(66)69)51(73)62-36(14-12-24-59-52(58)74)50(72)60-34-18-20-35(21-19-34)61-53(75)81-41-28-45(70)65(6)37-26-33(27-38(78-7)47(37)57)25-31(3)13-11-15-40(79-8)56(77)29-39(80-54(76)64-56)32(4)49-55(41,5)82-49/h11,13,15,18-21,26-27,30,32,36,39-41,48-49,77H,9-10,12,14,16-17,22-25,28-29H2,1-8H3,(H,60,72)(H,61,75)(H,62,73)(H,63,67)(H,64,76)(H3,58,59,74)/b15-11+,31-13+/t32-,36+,39+,40-,41+,48+,49+,55+,56+/m1/s1. The van der Waals surface area contributed by atoms with Crippen LogP contribution in [-0.4, -0.2) is 145 Å². The number of hydroxylamine groups is 2. The number of unbranched alkanes of at least 4 members (excludes halogenated alkanes) is 1. The largest absolute Gasteiger partial charge is 0.495 e. The van der Waals surface area contributed by atoms with E-state index in [0.29, 0.717) is 22.9 Å². The number of benzene rings is 2. The third-order valence-corrected chi connectivity index (χ3v) is 15.1. The molecule has 2 aromatic rings. The molecule has 4 aliphatic heterocycles. The molecule has 0 radical (unpaired) electrons. The van der Waals surface area contributed by atoms with Crippen LogP contribution in [-0.2, 0) is 63.8 Å². The zero-order chi connectivity index (χ0) is 60.9. The summed E-state index contributed by atoms with van der Waals surface area (Å²) < 4.78 is 29.3. The highest BCUT2D eigenvalue weighted by molar-refractivity contribution is 6.35. The summed E-state index contributed by atoms with van der Waals surface area (Å²) in [6.07, 6.45) is -0.581. The smallest absolute Gasteiger partial charge is 0.412 e. The Morgan fingerprint density at radius 3 is 2.23 bits per heavy atom. The molecule has 83 heavy (non-hydrogen) atoms. The van der Waals surface area contributed by atoms with E-state index < -0.39 is 126 Å². The molecule has 6 rings (SSSR count). The number of alkyl carbamates (subject to hydrolysis) is 1. The van der Waals surface area contributed by atoms with Gasteiger partial charge in [-0.2, -0.15) is 0 Å².